The van der Waals surface area contributed by atoms with Crippen LogP contribution in [-0.2, 0) is 11.2 Å². The molecule has 0 bridgehead atoms. The van der Waals surface area contributed by atoms with Gasteiger partial charge in [-0.25, -0.2) is 0 Å². The Morgan fingerprint density at radius 1 is 0.828 bits per heavy atom. The molecule has 2 fully saturated rings. The van der Waals surface area contributed by atoms with Crippen LogP contribution in [-0.4, -0.2) is 5.97 Å². The van der Waals surface area contributed by atoms with Gasteiger partial charge in [-0.1, -0.05) is 70.4 Å². The van der Waals surface area contributed by atoms with Crippen LogP contribution in [0.4, 0.5) is 0 Å². The highest BCUT2D eigenvalue weighted by Crippen LogP contribution is 2.43. The quantitative estimate of drug-likeness (QED) is 0.241. The van der Waals surface area contributed by atoms with Crippen LogP contribution in [0.2, 0.25) is 0 Å². The van der Waals surface area contributed by atoms with Crippen molar-refractivity contribution in [2.24, 2.45) is 23.7 Å². The number of rotatable bonds is 9. The van der Waals surface area contributed by atoms with Gasteiger partial charge in [-0.15, -0.1) is 0 Å². The van der Waals surface area contributed by atoms with Gasteiger partial charge in [-0.2, -0.15) is 0 Å². The van der Waals surface area contributed by atoms with Crippen LogP contribution in [0.25, 0.3) is 0 Å². The number of hydrogen-bond acceptors (Lipinski definition) is 2. The van der Waals surface area contributed by atoms with Gasteiger partial charge < -0.3 is 4.74 Å². The van der Waals surface area contributed by atoms with E-state index in [1.807, 2.05) is 12.1 Å². The minimum Gasteiger partial charge on any atom is -0.427 e. The van der Waals surface area contributed by atoms with Crippen molar-refractivity contribution in [1.82, 2.24) is 0 Å². The van der Waals surface area contributed by atoms with E-state index in [1.54, 1.807) is 0 Å². The molecule has 2 heteroatoms. The van der Waals surface area contributed by atoms with Crippen molar-refractivity contribution < 1.29 is 9.53 Å². The number of benzene rings is 1. The lowest BCUT2D eigenvalue weighted by molar-refractivity contribution is -0.131. The lowest BCUT2D eigenvalue weighted by atomic mass is 9.68. The number of hydrogen-bond donors (Lipinski definition) is 0. The van der Waals surface area contributed by atoms with Crippen LogP contribution < -0.4 is 4.74 Å². The smallest absolute Gasteiger partial charge is 0.308 e. The van der Waals surface area contributed by atoms with Crippen LogP contribution in [0.15, 0.2) is 24.3 Å². The normalized spacial score (nSPS) is 27.5. The van der Waals surface area contributed by atoms with E-state index in [9.17, 15) is 4.79 Å². The Kier molecular flexibility index (Phi) is 9.08. The molecule has 0 heterocycles. The van der Waals surface area contributed by atoms with Crippen molar-refractivity contribution in [1.29, 1.82) is 0 Å². The summed E-state index contributed by atoms with van der Waals surface area (Å²) in [6.07, 6.45) is 20.1. The fraction of sp³-hybridized carbons (Fsp3) is 0.741. The number of unbranched alkanes of at least 4 members (excludes halogenated alkanes) is 2. The predicted molar refractivity (Wildman–Crippen MR) is 121 cm³/mol. The van der Waals surface area contributed by atoms with Crippen LogP contribution in [0.3, 0.4) is 0 Å². The van der Waals surface area contributed by atoms with Gasteiger partial charge in [0.2, 0.25) is 0 Å². The molecule has 0 amide bonds. The summed E-state index contributed by atoms with van der Waals surface area (Å²) in [6.45, 7) is 3.76. The first-order valence-corrected chi connectivity index (χ1v) is 12.4. The minimum absolute atomic E-state index is 0.250. The number of carbonyl (C=O) groups excluding carboxylic acids is 1. The highest BCUT2D eigenvalue weighted by atomic mass is 16.5. The minimum atomic E-state index is -0.250. The second-order valence-electron chi connectivity index (χ2n) is 9.83. The van der Waals surface area contributed by atoms with Gasteiger partial charge in [0.1, 0.15) is 5.75 Å². The molecule has 2 aliphatic rings. The molecule has 2 nitrogen and oxygen atoms in total. The molecule has 2 saturated carbocycles. The first kappa shape index (κ1) is 22.4. The molecule has 29 heavy (non-hydrogen) atoms. The monoisotopic (exact) mass is 398 g/mol. The lowest BCUT2D eigenvalue weighted by Crippen LogP contribution is -2.26. The summed E-state index contributed by atoms with van der Waals surface area (Å²) in [5.74, 6) is 4.41. The van der Waals surface area contributed by atoms with Crippen LogP contribution in [0.5, 0.6) is 5.75 Å². The summed E-state index contributed by atoms with van der Waals surface area (Å²) in [6, 6.07) is 8.07. The zero-order valence-corrected chi connectivity index (χ0v) is 18.8. The predicted octanol–water partition coefficient (Wildman–Crippen LogP) is 7.74. The molecule has 0 unspecified atom stereocenters. The van der Waals surface area contributed by atoms with E-state index in [-0.39, 0.29) is 5.97 Å². The summed E-state index contributed by atoms with van der Waals surface area (Å²) in [5, 5.41) is 0. The van der Waals surface area contributed by atoms with Gasteiger partial charge in [-0.05, 0) is 79.9 Å². The summed E-state index contributed by atoms with van der Waals surface area (Å²) < 4.78 is 5.13. The van der Waals surface area contributed by atoms with E-state index < -0.39 is 0 Å². The van der Waals surface area contributed by atoms with Crippen LogP contribution in [0.1, 0.15) is 103 Å². The first-order chi connectivity index (χ1) is 14.1. The van der Waals surface area contributed by atoms with Crippen molar-refractivity contribution >= 4 is 5.97 Å². The maximum absolute atomic E-state index is 11.0. The molecular weight excluding hydrogens is 356 g/mol. The molecule has 1 aromatic carbocycles. The molecule has 0 N–H and O–H groups in total. The number of carbonyl (C=O) groups is 1. The van der Waals surface area contributed by atoms with Crippen molar-refractivity contribution in [3.05, 3.63) is 29.8 Å². The number of aryl methyl sites for hydroxylation is 1. The van der Waals surface area contributed by atoms with Crippen LogP contribution in [0, 0.1) is 23.7 Å². The maximum Gasteiger partial charge on any atom is 0.308 e. The molecule has 3 rings (SSSR count). The SMILES string of the molecule is CCCCC[C@H]1CC[C@H]([C@H]2CC[C@H](CCc3ccc(OC(C)=O)cc3)CC2)CC1. The maximum atomic E-state index is 11.0. The highest BCUT2D eigenvalue weighted by Gasteiger charge is 2.30. The standard InChI is InChI=1S/C27H42O2/c1-3-4-5-6-22-9-15-25(16-10-22)26-17-11-23(12-18-26)7-8-24-13-19-27(20-14-24)29-21(2)28/h13-14,19-20,22-23,25-26H,3-12,15-18H2,1-2H3/t22-,23-,25-,26-. The summed E-state index contributed by atoms with van der Waals surface area (Å²) in [5.41, 5.74) is 1.37. The zero-order valence-electron chi connectivity index (χ0n) is 18.8. The van der Waals surface area contributed by atoms with E-state index in [4.69, 9.17) is 4.74 Å². The van der Waals surface area contributed by atoms with Crippen molar-refractivity contribution in [3.8, 4) is 5.75 Å². The second-order valence-corrected chi connectivity index (χ2v) is 9.83. The Labute approximate surface area is 178 Å². The summed E-state index contributed by atoms with van der Waals surface area (Å²) >= 11 is 0. The third-order valence-corrected chi connectivity index (χ3v) is 7.69. The first-order valence-electron chi connectivity index (χ1n) is 12.4. The van der Waals surface area contributed by atoms with E-state index in [0.717, 1.165) is 30.1 Å². The van der Waals surface area contributed by atoms with E-state index in [0.29, 0.717) is 5.75 Å². The van der Waals surface area contributed by atoms with E-state index in [2.05, 4.69) is 19.1 Å². The van der Waals surface area contributed by atoms with Gasteiger partial charge in [-0.3, -0.25) is 4.79 Å². The molecule has 0 atom stereocenters. The summed E-state index contributed by atoms with van der Waals surface area (Å²) in [7, 11) is 0. The third kappa shape index (κ3) is 7.46. The van der Waals surface area contributed by atoms with Gasteiger partial charge in [0, 0.05) is 6.92 Å². The molecule has 0 radical (unpaired) electrons. The van der Waals surface area contributed by atoms with Crippen molar-refractivity contribution in [2.45, 2.75) is 104 Å². The Hall–Kier alpha value is -1.31. The molecular formula is C27H42O2. The average molecular weight is 399 g/mol. The molecule has 0 aliphatic heterocycles. The number of ether oxygens (including phenoxy) is 1. The molecule has 162 valence electrons. The van der Waals surface area contributed by atoms with Gasteiger partial charge in [0.05, 0.1) is 0 Å². The Bertz CT molecular complexity index is 589. The summed E-state index contributed by atoms with van der Waals surface area (Å²) in [4.78, 5) is 11.0. The van der Waals surface area contributed by atoms with Crippen LogP contribution >= 0.6 is 0 Å². The van der Waals surface area contributed by atoms with Crippen molar-refractivity contribution in [3.63, 3.8) is 0 Å². The van der Waals surface area contributed by atoms with E-state index in [1.165, 1.54) is 96.0 Å². The second kappa shape index (κ2) is 11.8. The molecule has 1 aromatic rings. The van der Waals surface area contributed by atoms with Gasteiger partial charge in [0.15, 0.2) is 0 Å². The molecule has 0 spiro atoms. The Balaban J connectivity index is 1.32. The topological polar surface area (TPSA) is 26.3 Å². The Morgan fingerprint density at radius 2 is 1.38 bits per heavy atom. The highest BCUT2D eigenvalue weighted by molar-refractivity contribution is 5.69. The number of esters is 1. The van der Waals surface area contributed by atoms with Gasteiger partial charge >= 0.3 is 5.97 Å². The lowest BCUT2D eigenvalue weighted by Gasteiger charge is -2.38. The van der Waals surface area contributed by atoms with E-state index >= 15 is 0 Å². The molecule has 2 aliphatic carbocycles. The largest absolute Gasteiger partial charge is 0.427 e. The van der Waals surface area contributed by atoms with Gasteiger partial charge in [0.25, 0.3) is 0 Å². The zero-order chi connectivity index (χ0) is 20.5. The third-order valence-electron chi connectivity index (χ3n) is 7.69. The molecule has 0 saturated heterocycles. The van der Waals surface area contributed by atoms with Crippen molar-refractivity contribution in [2.75, 3.05) is 0 Å². The Morgan fingerprint density at radius 3 is 1.90 bits per heavy atom. The fourth-order valence-electron chi connectivity index (χ4n) is 5.84. The molecule has 0 aromatic heterocycles. The average Bonchev–Trinajstić information content (AvgIpc) is 2.74. The fourth-order valence-corrected chi connectivity index (χ4v) is 5.84.